The van der Waals surface area contributed by atoms with E-state index in [-0.39, 0.29) is 48.3 Å². The Labute approximate surface area is 263 Å². The van der Waals surface area contributed by atoms with Crippen molar-refractivity contribution >= 4 is 34.0 Å². The van der Waals surface area contributed by atoms with Crippen LogP contribution in [0.15, 0.2) is 89.9 Å². The first-order valence-corrected chi connectivity index (χ1v) is 15.1. The van der Waals surface area contributed by atoms with Gasteiger partial charge in [0.25, 0.3) is 17.2 Å². The van der Waals surface area contributed by atoms with Crippen LogP contribution in [0.25, 0.3) is 16.5 Å². The molecule has 1 fully saturated rings. The molecule has 2 aliphatic heterocycles. The van der Waals surface area contributed by atoms with Gasteiger partial charge in [0, 0.05) is 42.0 Å². The van der Waals surface area contributed by atoms with E-state index in [1.807, 2.05) is 6.07 Å². The number of carbonyl (C=O) groups excluding carboxylic acids is 2. The zero-order chi connectivity index (χ0) is 32.6. The molecular weight excluding hydrogens is 590 g/mol. The maximum Gasteiger partial charge on any atom is 0.279 e. The van der Waals surface area contributed by atoms with Crippen LogP contribution in [-0.2, 0) is 21.7 Å². The molecule has 0 spiro atoms. The van der Waals surface area contributed by atoms with Gasteiger partial charge in [0.1, 0.15) is 0 Å². The predicted molar refractivity (Wildman–Crippen MR) is 170 cm³/mol. The highest BCUT2D eigenvalue weighted by Crippen LogP contribution is 2.47. The van der Waals surface area contributed by atoms with E-state index >= 15 is 0 Å². The van der Waals surface area contributed by atoms with Gasteiger partial charge < -0.3 is 20.0 Å². The molecule has 0 radical (unpaired) electrons. The number of anilines is 1. The normalized spacial score (nSPS) is 20.1. The van der Waals surface area contributed by atoms with E-state index in [9.17, 15) is 34.7 Å². The third-order valence-electron chi connectivity index (χ3n) is 8.94. The summed E-state index contributed by atoms with van der Waals surface area (Å²) in [5, 5.41) is 38.8. The number of nitro groups is 1. The van der Waals surface area contributed by atoms with Crippen molar-refractivity contribution in [3.63, 3.8) is 0 Å². The average molecular weight is 624 g/mol. The topological polar surface area (TPSA) is 159 Å². The van der Waals surface area contributed by atoms with Gasteiger partial charge >= 0.3 is 0 Å². The van der Waals surface area contributed by atoms with E-state index in [1.54, 1.807) is 72.6 Å². The lowest BCUT2D eigenvalue weighted by molar-refractivity contribution is -0.385. The SMILES string of the molecule is C[C@H](/C=C/CC(=O)N1CCC[C@H]1CO)[C@@]1(O)C(=O)N(Cc2cccc(-n3ncc4ccccc4c3=O)c2)c2ccc([N+](=O)[O-])cc21. The van der Waals surface area contributed by atoms with E-state index in [0.717, 1.165) is 12.8 Å². The van der Waals surface area contributed by atoms with Gasteiger partial charge in [-0.3, -0.25) is 24.5 Å². The molecule has 1 aromatic heterocycles. The largest absolute Gasteiger partial charge is 0.394 e. The Kier molecular flexibility index (Phi) is 8.24. The molecule has 2 aliphatic rings. The van der Waals surface area contributed by atoms with Gasteiger partial charge in [0.05, 0.1) is 47.1 Å². The van der Waals surface area contributed by atoms with Crippen LogP contribution in [0, 0.1) is 16.0 Å². The summed E-state index contributed by atoms with van der Waals surface area (Å²) in [6.07, 6.45) is 6.34. The van der Waals surface area contributed by atoms with Crippen LogP contribution < -0.4 is 10.5 Å². The van der Waals surface area contributed by atoms with Crippen molar-refractivity contribution in [3.05, 3.63) is 117 Å². The second-order valence-electron chi connectivity index (χ2n) is 11.7. The molecule has 0 unspecified atom stereocenters. The van der Waals surface area contributed by atoms with E-state index in [4.69, 9.17) is 0 Å². The Morgan fingerprint density at radius 1 is 1.15 bits per heavy atom. The van der Waals surface area contributed by atoms with E-state index in [2.05, 4.69) is 5.10 Å². The highest BCUT2D eigenvalue weighted by molar-refractivity contribution is 6.07. The zero-order valence-corrected chi connectivity index (χ0v) is 25.2. The molecule has 2 N–H and O–H groups in total. The summed E-state index contributed by atoms with van der Waals surface area (Å²) in [7, 11) is 0. The van der Waals surface area contributed by atoms with Crippen molar-refractivity contribution in [1.82, 2.24) is 14.7 Å². The molecule has 3 aromatic carbocycles. The molecule has 0 aliphatic carbocycles. The summed E-state index contributed by atoms with van der Waals surface area (Å²) < 4.78 is 1.28. The number of nitro benzene ring substituents is 1. The molecule has 236 valence electrons. The summed E-state index contributed by atoms with van der Waals surface area (Å²) in [5.41, 5.74) is -1.17. The number of aliphatic hydroxyl groups is 2. The molecule has 12 heteroatoms. The van der Waals surface area contributed by atoms with Crippen LogP contribution in [-0.4, -0.2) is 60.8 Å². The minimum atomic E-state index is -2.14. The number of benzene rings is 3. The smallest absolute Gasteiger partial charge is 0.279 e. The summed E-state index contributed by atoms with van der Waals surface area (Å²) in [6.45, 7) is 2.09. The molecular formula is C34H33N5O7. The first-order chi connectivity index (χ1) is 22.1. The van der Waals surface area contributed by atoms with Crippen LogP contribution in [0.1, 0.15) is 37.3 Å². The number of aromatic nitrogens is 2. The third-order valence-corrected chi connectivity index (χ3v) is 8.94. The molecule has 0 bridgehead atoms. The van der Waals surface area contributed by atoms with Gasteiger partial charge in [-0.1, -0.05) is 49.4 Å². The standard InChI is InChI=1S/C34H33N5O7/c1-22(7-4-13-31(41)36-16-6-11-27(36)21-40)34(44)29-18-26(39(45)46)14-15-30(29)37(33(34)43)20-23-8-5-10-25(17-23)38-32(42)28-12-3-2-9-24(28)19-35-38/h2-5,7-10,12,14-15,17-19,22,27,40,44H,6,11,13,16,20-21H2,1H3/b7-4+/t22-,27+,34+/m1/s1. The highest BCUT2D eigenvalue weighted by Gasteiger charge is 2.53. The molecule has 6 rings (SSSR count). The lowest BCUT2D eigenvalue weighted by Crippen LogP contribution is -2.44. The summed E-state index contributed by atoms with van der Waals surface area (Å²) >= 11 is 0. The third kappa shape index (κ3) is 5.35. The van der Waals surface area contributed by atoms with Crippen molar-refractivity contribution in [2.75, 3.05) is 18.1 Å². The summed E-state index contributed by atoms with van der Waals surface area (Å²) in [6, 6.07) is 17.8. The number of likely N-dealkylation sites (tertiary alicyclic amines) is 1. The van der Waals surface area contributed by atoms with Gasteiger partial charge in [-0.05, 0) is 42.7 Å². The van der Waals surface area contributed by atoms with Crippen molar-refractivity contribution in [3.8, 4) is 5.69 Å². The van der Waals surface area contributed by atoms with Crippen LogP contribution in [0.4, 0.5) is 11.4 Å². The zero-order valence-electron chi connectivity index (χ0n) is 25.2. The lowest BCUT2D eigenvalue weighted by atomic mass is 9.82. The molecule has 2 amide bonds. The molecule has 3 heterocycles. The van der Waals surface area contributed by atoms with Crippen molar-refractivity contribution in [1.29, 1.82) is 0 Å². The first kappa shape index (κ1) is 30.8. The minimum absolute atomic E-state index is 0.00849. The van der Waals surface area contributed by atoms with Crippen molar-refractivity contribution < 1.29 is 24.7 Å². The van der Waals surface area contributed by atoms with Crippen LogP contribution >= 0.6 is 0 Å². The second-order valence-corrected chi connectivity index (χ2v) is 11.7. The Balaban J connectivity index is 1.29. The fourth-order valence-electron chi connectivity index (χ4n) is 6.43. The Bertz CT molecular complexity index is 1940. The Hall–Kier alpha value is -5.20. The first-order valence-electron chi connectivity index (χ1n) is 15.1. The fraction of sp³-hybridized carbons (Fsp3) is 0.294. The molecule has 46 heavy (non-hydrogen) atoms. The van der Waals surface area contributed by atoms with E-state index in [0.29, 0.717) is 34.3 Å². The van der Waals surface area contributed by atoms with Crippen molar-refractivity contribution in [2.24, 2.45) is 5.92 Å². The monoisotopic (exact) mass is 623 g/mol. The van der Waals surface area contributed by atoms with Gasteiger partial charge in [-0.15, -0.1) is 0 Å². The number of carbonyl (C=O) groups is 2. The van der Waals surface area contributed by atoms with E-state index in [1.165, 1.54) is 27.8 Å². The highest BCUT2D eigenvalue weighted by atomic mass is 16.6. The molecule has 12 nitrogen and oxygen atoms in total. The van der Waals surface area contributed by atoms with Crippen molar-refractivity contribution in [2.45, 2.75) is 44.4 Å². The van der Waals surface area contributed by atoms with Crippen LogP contribution in [0.3, 0.4) is 0 Å². The quantitative estimate of drug-likeness (QED) is 0.163. The lowest BCUT2D eigenvalue weighted by Gasteiger charge is -2.28. The maximum absolute atomic E-state index is 14.1. The minimum Gasteiger partial charge on any atom is -0.394 e. The number of rotatable bonds is 9. The molecule has 4 aromatic rings. The second kappa shape index (κ2) is 12.3. The number of non-ortho nitro benzene ring substituents is 1. The summed E-state index contributed by atoms with van der Waals surface area (Å²) in [4.78, 5) is 54.1. The van der Waals surface area contributed by atoms with Crippen LogP contribution in [0.2, 0.25) is 0 Å². The van der Waals surface area contributed by atoms with Gasteiger partial charge in [-0.25, -0.2) is 0 Å². The number of nitrogens with zero attached hydrogens (tertiary/aromatic N) is 5. The number of aliphatic hydroxyl groups excluding tert-OH is 1. The molecule has 0 saturated carbocycles. The van der Waals surface area contributed by atoms with E-state index < -0.39 is 22.3 Å². The summed E-state index contributed by atoms with van der Waals surface area (Å²) in [5.74, 6) is -1.68. The number of fused-ring (bicyclic) bond motifs is 2. The fourth-order valence-corrected chi connectivity index (χ4v) is 6.43. The Morgan fingerprint density at radius 3 is 2.74 bits per heavy atom. The number of hydrogen-bond acceptors (Lipinski definition) is 8. The maximum atomic E-state index is 14.1. The van der Waals surface area contributed by atoms with Crippen LogP contribution in [0.5, 0.6) is 0 Å². The average Bonchev–Trinajstić information content (AvgIpc) is 3.63. The number of hydrogen-bond donors (Lipinski definition) is 2. The van der Waals surface area contributed by atoms with Gasteiger partial charge in [0.2, 0.25) is 5.91 Å². The number of amides is 2. The molecule has 1 saturated heterocycles. The Morgan fingerprint density at radius 2 is 1.96 bits per heavy atom. The van der Waals surface area contributed by atoms with Gasteiger partial charge in [0.15, 0.2) is 5.60 Å². The molecule has 3 atom stereocenters. The predicted octanol–water partition coefficient (Wildman–Crippen LogP) is 3.59. The van der Waals surface area contributed by atoms with Gasteiger partial charge in [-0.2, -0.15) is 9.78 Å².